The van der Waals surface area contributed by atoms with E-state index in [0.717, 1.165) is 5.56 Å². The second-order valence-electron chi connectivity index (χ2n) is 6.12. The minimum absolute atomic E-state index is 0.00531. The Balaban J connectivity index is 2.17. The number of ether oxygens (including phenoxy) is 2. The summed E-state index contributed by atoms with van der Waals surface area (Å²) < 4.78 is 24.0. The highest BCUT2D eigenvalue weighted by molar-refractivity contribution is 6.01. The molecule has 0 aliphatic rings. The van der Waals surface area contributed by atoms with Crippen LogP contribution in [0.5, 0.6) is 11.5 Å². The molecule has 0 radical (unpaired) electrons. The fourth-order valence-electron chi connectivity index (χ4n) is 2.29. The predicted molar refractivity (Wildman–Crippen MR) is 101 cm³/mol. The van der Waals surface area contributed by atoms with Gasteiger partial charge in [0.15, 0.2) is 11.5 Å². The van der Waals surface area contributed by atoms with Crippen LogP contribution in [-0.2, 0) is 11.4 Å². The van der Waals surface area contributed by atoms with Gasteiger partial charge >= 0.3 is 0 Å². The second-order valence-corrected chi connectivity index (χ2v) is 6.12. The Labute approximate surface area is 158 Å². The molecule has 0 bridgehead atoms. The molecule has 1 amide bonds. The predicted octanol–water partition coefficient (Wildman–Crippen LogP) is 3.84. The minimum atomic E-state index is -0.428. The van der Waals surface area contributed by atoms with Crippen molar-refractivity contribution in [3.05, 3.63) is 65.0 Å². The van der Waals surface area contributed by atoms with Gasteiger partial charge in [0.05, 0.1) is 7.11 Å². The van der Waals surface area contributed by atoms with Crippen molar-refractivity contribution in [1.29, 1.82) is 5.26 Å². The first-order chi connectivity index (χ1) is 12.9. The minimum Gasteiger partial charge on any atom is -0.493 e. The van der Waals surface area contributed by atoms with E-state index in [9.17, 15) is 14.4 Å². The van der Waals surface area contributed by atoms with E-state index < -0.39 is 5.91 Å². The summed E-state index contributed by atoms with van der Waals surface area (Å²) in [5.74, 6) is 0.238. The largest absolute Gasteiger partial charge is 0.493 e. The topological polar surface area (TPSA) is 71.3 Å². The van der Waals surface area contributed by atoms with Crippen molar-refractivity contribution in [3.63, 3.8) is 0 Å². The molecule has 2 aromatic rings. The van der Waals surface area contributed by atoms with Gasteiger partial charge in [-0.15, -0.1) is 0 Å². The second kappa shape index (κ2) is 9.39. The van der Waals surface area contributed by atoms with Gasteiger partial charge in [0.2, 0.25) is 0 Å². The molecule has 6 heteroatoms. The van der Waals surface area contributed by atoms with E-state index in [1.165, 1.54) is 25.3 Å². The summed E-state index contributed by atoms with van der Waals surface area (Å²) >= 11 is 0. The third-order valence-electron chi connectivity index (χ3n) is 3.59. The van der Waals surface area contributed by atoms with Gasteiger partial charge in [0.1, 0.15) is 24.1 Å². The Morgan fingerprint density at radius 3 is 2.52 bits per heavy atom. The van der Waals surface area contributed by atoms with Crippen molar-refractivity contribution in [2.45, 2.75) is 26.5 Å². The van der Waals surface area contributed by atoms with E-state index >= 15 is 0 Å². The van der Waals surface area contributed by atoms with E-state index in [2.05, 4.69) is 5.32 Å². The number of hydrogen-bond acceptors (Lipinski definition) is 4. The Hall–Kier alpha value is -3.33. The summed E-state index contributed by atoms with van der Waals surface area (Å²) in [4.78, 5) is 12.0. The van der Waals surface area contributed by atoms with E-state index in [-0.39, 0.29) is 24.0 Å². The molecule has 0 aromatic heterocycles. The van der Waals surface area contributed by atoms with Gasteiger partial charge in [-0.1, -0.05) is 18.2 Å². The third kappa shape index (κ3) is 5.86. The summed E-state index contributed by atoms with van der Waals surface area (Å²) in [5.41, 5.74) is 1.46. The smallest absolute Gasteiger partial charge is 0.262 e. The fourth-order valence-corrected chi connectivity index (χ4v) is 2.29. The van der Waals surface area contributed by atoms with E-state index in [0.29, 0.717) is 17.1 Å². The van der Waals surface area contributed by atoms with Gasteiger partial charge < -0.3 is 14.8 Å². The SMILES string of the molecule is COc1cc(/C=C(\C#N)C(=O)NC(C)C)ccc1OCc1ccc(F)cc1. The molecular formula is C21H21FN2O3. The molecule has 0 heterocycles. The van der Waals surface area contributed by atoms with Crippen molar-refractivity contribution in [2.24, 2.45) is 0 Å². The van der Waals surface area contributed by atoms with Crippen LogP contribution in [0.1, 0.15) is 25.0 Å². The normalized spacial score (nSPS) is 11.0. The number of nitrogens with zero attached hydrogens (tertiary/aromatic N) is 1. The number of rotatable bonds is 7. The quantitative estimate of drug-likeness (QED) is 0.595. The maximum atomic E-state index is 13.0. The summed E-state index contributed by atoms with van der Waals surface area (Å²) in [7, 11) is 1.50. The lowest BCUT2D eigenvalue weighted by Gasteiger charge is -2.12. The number of nitrogens with one attached hydrogen (secondary N) is 1. The first kappa shape index (κ1) is 20.0. The number of hydrogen-bond donors (Lipinski definition) is 1. The van der Waals surface area contributed by atoms with Crippen LogP contribution in [0.3, 0.4) is 0 Å². The highest BCUT2D eigenvalue weighted by Crippen LogP contribution is 2.29. The lowest BCUT2D eigenvalue weighted by Crippen LogP contribution is -2.30. The molecule has 0 fully saturated rings. The fraction of sp³-hybridized carbons (Fsp3) is 0.238. The zero-order chi connectivity index (χ0) is 19.8. The molecule has 2 aromatic carbocycles. The van der Waals surface area contributed by atoms with Crippen LogP contribution < -0.4 is 14.8 Å². The van der Waals surface area contributed by atoms with Crippen LogP contribution in [-0.4, -0.2) is 19.1 Å². The molecule has 0 atom stereocenters. The van der Waals surface area contributed by atoms with Gasteiger partial charge in [-0.05, 0) is 55.3 Å². The number of amides is 1. The molecule has 0 unspecified atom stereocenters. The van der Waals surface area contributed by atoms with Crippen LogP contribution in [0.15, 0.2) is 48.0 Å². The summed E-state index contributed by atoms with van der Waals surface area (Å²) in [6, 6.07) is 13.0. The lowest BCUT2D eigenvalue weighted by atomic mass is 10.1. The molecular weight excluding hydrogens is 347 g/mol. The first-order valence-electron chi connectivity index (χ1n) is 8.41. The zero-order valence-corrected chi connectivity index (χ0v) is 15.5. The number of halogens is 1. The van der Waals surface area contributed by atoms with Gasteiger partial charge in [0.25, 0.3) is 5.91 Å². The number of methoxy groups -OCH3 is 1. The van der Waals surface area contributed by atoms with Crippen molar-refractivity contribution in [2.75, 3.05) is 7.11 Å². The van der Waals surface area contributed by atoms with Crippen molar-refractivity contribution in [3.8, 4) is 17.6 Å². The number of benzene rings is 2. The third-order valence-corrected chi connectivity index (χ3v) is 3.59. The Morgan fingerprint density at radius 2 is 1.93 bits per heavy atom. The molecule has 2 rings (SSSR count). The molecule has 0 aliphatic heterocycles. The molecule has 1 N–H and O–H groups in total. The molecule has 0 spiro atoms. The van der Waals surface area contributed by atoms with E-state index in [1.807, 2.05) is 19.9 Å². The van der Waals surface area contributed by atoms with Crippen LogP contribution >= 0.6 is 0 Å². The first-order valence-corrected chi connectivity index (χ1v) is 8.41. The Kier molecular flexibility index (Phi) is 6.95. The summed E-state index contributed by atoms with van der Waals surface area (Å²) in [5, 5.41) is 11.9. The van der Waals surface area contributed by atoms with Gasteiger partial charge in [-0.25, -0.2) is 4.39 Å². The zero-order valence-electron chi connectivity index (χ0n) is 15.5. The number of nitriles is 1. The molecule has 0 saturated heterocycles. The van der Waals surface area contributed by atoms with E-state index in [1.54, 1.807) is 30.3 Å². The number of carbonyl (C=O) groups is 1. The summed E-state index contributed by atoms with van der Waals surface area (Å²) in [6.45, 7) is 3.90. The van der Waals surface area contributed by atoms with Crippen molar-refractivity contribution in [1.82, 2.24) is 5.32 Å². The van der Waals surface area contributed by atoms with Crippen LogP contribution in [0.2, 0.25) is 0 Å². The molecule has 0 saturated carbocycles. The molecule has 0 aliphatic carbocycles. The molecule has 140 valence electrons. The maximum absolute atomic E-state index is 13.0. The average molecular weight is 368 g/mol. The number of carbonyl (C=O) groups excluding carboxylic acids is 1. The van der Waals surface area contributed by atoms with Crippen molar-refractivity contribution >= 4 is 12.0 Å². The van der Waals surface area contributed by atoms with Gasteiger partial charge in [-0.3, -0.25) is 4.79 Å². The highest BCUT2D eigenvalue weighted by atomic mass is 19.1. The maximum Gasteiger partial charge on any atom is 0.262 e. The van der Waals surface area contributed by atoms with Crippen LogP contribution in [0.25, 0.3) is 6.08 Å². The van der Waals surface area contributed by atoms with Crippen LogP contribution in [0.4, 0.5) is 4.39 Å². The Morgan fingerprint density at radius 1 is 1.22 bits per heavy atom. The highest BCUT2D eigenvalue weighted by Gasteiger charge is 2.11. The Bertz CT molecular complexity index is 868. The average Bonchev–Trinajstić information content (AvgIpc) is 2.65. The monoisotopic (exact) mass is 368 g/mol. The molecule has 5 nitrogen and oxygen atoms in total. The van der Waals surface area contributed by atoms with Gasteiger partial charge in [0, 0.05) is 6.04 Å². The molecule has 27 heavy (non-hydrogen) atoms. The van der Waals surface area contributed by atoms with Crippen LogP contribution in [0, 0.1) is 17.1 Å². The lowest BCUT2D eigenvalue weighted by molar-refractivity contribution is -0.117. The van der Waals surface area contributed by atoms with Crippen molar-refractivity contribution < 1.29 is 18.7 Å². The van der Waals surface area contributed by atoms with E-state index in [4.69, 9.17) is 9.47 Å². The van der Waals surface area contributed by atoms with Gasteiger partial charge in [-0.2, -0.15) is 5.26 Å². The standard InChI is InChI=1S/C21H21FN2O3/c1-14(2)24-21(25)17(12-23)10-16-6-9-19(20(11-16)26-3)27-13-15-4-7-18(22)8-5-15/h4-11,14H,13H2,1-3H3,(H,24,25)/b17-10+. The summed E-state index contributed by atoms with van der Waals surface area (Å²) in [6.07, 6.45) is 1.49.